The maximum absolute atomic E-state index is 12.7. The van der Waals surface area contributed by atoms with E-state index in [9.17, 15) is 9.18 Å². The van der Waals surface area contributed by atoms with E-state index in [1.54, 1.807) is 19.1 Å². The van der Waals surface area contributed by atoms with E-state index in [1.165, 1.54) is 12.1 Å². The smallest absolute Gasteiger partial charge is 0.307 e. The van der Waals surface area contributed by atoms with Crippen LogP contribution in [0.25, 0.3) is 0 Å². The zero-order chi connectivity index (χ0) is 11.6. The van der Waals surface area contributed by atoms with Gasteiger partial charge in [-0.1, -0.05) is 32.9 Å². The van der Waals surface area contributed by atoms with E-state index < -0.39 is 17.3 Å². The van der Waals surface area contributed by atoms with Crippen LogP contribution < -0.4 is 0 Å². The average molecular weight is 210 g/mol. The van der Waals surface area contributed by atoms with Crippen molar-refractivity contribution < 1.29 is 14.3 Å². The van der Waals surface area contributed by atoms with E-state index >= 15 is 0 Å². The number of aliphatic carboxylic acids is 1. The molecular weight excluding hydrogens is 195 g/mol. The van der Waals surface area contributed by atoms with Crippen LogP contribution in [0.15, 0.2) is 24.3 Å². The summed E-state index contributed by atoms with van der Waals surface area (Å²) >= 11 is 0. The van der Waals surface area contributed by atoms with Gasteiger partial charge in [0.2, 0.25) is 0 Å². The highest BCUT2D eigenvalue weighted by atomic mass is 19.1. The Kier molecular flexibility index (Phi) is 3.12. The summed E-state index contributed by atoms with van der Waals surface area (Å²) < 4.78 is 12.7. The first-order valence-electron chi connectivity index (χ1n) is 4.84. The number of halogens is 1. The third kappa shape index (κ3) is 2.35. The van der Waals surface area contributed by atoms with Crippen LogP contribution in [0.5, 0.6) is 0 Å². The van der Waals surface area contributed by atoms with Gasteiger partial charge in [0.15, 0.2) is 0 Å². The predicted molar refractivity (Wildman–Crippen MR) is 56.2 cm³/mol. The maximum Gasteiger partial charge on any atom is 0.307 e. The maximum atomic E-state index is 12.7. The number of carboxylic acid groups (broad SMARTS) is 1. The minimum atomic E-state index is -0.843. The van der Waals surface area contributed by atoms with Crippen LogP contribution in [0.4, 0.5) is 4.39 Å². The average Bonchev–Trinajstić information content (AvgIpc) is 2.17. The van der Waals surface area contributed by atoms with Crippen LogP contribution in [-0.4, -0.2) is 11.1 Å². The van der Waals surface area contributed by atoms with Gasteiger partial charge in [0.1, 0.15) is 5.82 Å². The molecule has 0 radical (unpaired) electrons. The van der Waals surface area contributed by atoms with E-state index in [1.807, 2.05) is 13.8 Å². The molecule has 1 aromatic rings. The van der Waals surface area contributed by atoms with Crippen LogP contribution in [0.3, 0.4) is 0 Å². The van der Waals surface area contributed by atoms with Crippen molar-refractivity contribution in [3.05, 3.63) is 35.6 Å². The van der Waals surface area contributed by atoms with Gasteiger partial charge < -0.3 is 5.11 Å². The largest absolute Gasteiger partial charge is 0.481 e. The second-order valence-corrected chi connectivity index (χ2v) is 4.29. The number of hydrogen-bond acceptors (Lipinski definition) is 1. The van der Waals surface area contributed by atoms with E-state index in [4.69, 9.17) is 5.11 Å². The highest BCUT2D eigenvalue weighted by Crippen LogP contribution is 2.31. The first-order chi connectivity index (χ1) is 6.85. The van der Waals surface area contributed by atoms with Crippen LogP contribution in [0.2, 0.25) is 0 Å². The van der Waals surface area contributed by atoms with Crippen molar-refractivity contribution in [2.45, 2.75) is 26.2 Å². The number of hydrogen-bond donors (Lipinski definition) is 1. The van der Waals surface area contributed by atoms with Crippen molar-refractivity contribution in [2.75, 3.05) is 0 Å². The summed E-state index contributed by atoms with van der Waals surface area (Å²) in [5.74, 6) is -1.66. The number of rotatable bonds is 3. The van der Waals surface area contributed by atoms with Crippen molar-refractivity contribution in [3.63, 3.8) is 0 Å². The lowest BCUT2D eigenvalue weighted by molar-refractivity contribution is -0.143. The molecule has 0 fully saturated rings. The third-order valence-corrected chi connectivity index (χ3v) is 3.04. The summed E-state index contributed by atoms with van der Waals surface area (Å²) in [6.07, 6.45) is 0. The summed E-state index contributed by atoms with van der Waals surface area (Å²) in [5, 5.41) is 8.96. The second-order valence-electron chi connectivity index (χ2n) is 4.29. The molecular formula is C12H15FO2. The molecule has 0 saturated heterocycles. The number of benzene rings is 1. The van der Waals surface area contributed by atoms with Gasteiger partial charge in [0.05, 0.1) is 5.92 Å². The molecule has 0 heterocycles. The first kappa shape index (κ1) is 11.7. The van der Waals surface area contributed by atoms with Gasteiger partial charge in [-0.05, 0) is 17.7 Å². The molecule has 1 atom stereocenters. The van der Waals surface area contributed by atoms with Gasteiger partial charge in [-0.2, -0.15) is 0 Å². The predicted octanol–water partition coefficient (Wildman–Crippen LogP) is 2.82. The Bertz CT molecular complexity index is 354. The topological polar surface area (TPSA) is 37.3 Å². The Labute approximate surface area is 88.7 Å². The molecule has 0 aromatic heterocycles. The zero-order valence-corrected chi connectivity index (χ0v) is 9.12. The Morgan fingerprint density at radius 2 is 1.80 bits per heavy atom. The summed E-state index contributed by atoms with van der Waals surface area (Å²) in [7, 11) is 0. The van der Waals surface area contributed by atoms with E-state index in [2.05, 4.69) is 0 Å². The van der Waals surface area contributed by atoms with Gasteiger partial charge in [0, 0.05) is 5.41 Å². The molecule has 0 unspecified atom stereocenters. The molecule has 0 spiro atoms. The minimum absolute atomic E-state index is 0.308. The monoisotopic (exact) mass is 210 g/mol. The van der Waals surface area contributed by atoms with E-state index in [0.29, 0.717) is 0 Å². The Balaban J connectivity index is 3.05. The minimum Gasteiger partial charge on any atom is -0.481 e. The van der Waals surface area contributed by atoms with Crippen LogP contribution in [0, 0.1) is 11.7 Å². The fraction of sp³-hybridized carbons (Fsp3) is 0.417. The summed E-state index contributed by atoms with van der Waals surface area (Å²) in [6, 6.07) is 5.97. The molecule has 3 heteroatoms. The number of carbonyl (C=O) groups is 1. The van der Waals surface area contributed by atoms with Crippen molar-refractivity contribution >= 4 is 5.97 Å². The lowest BCUT2D eigenvalue weighted by atomic mass is 9.74. The van der Waals surface area contributed by atoms with Crippen molar-refractivity contribution in [1.29, 1.82) is 0 Å². The Morgan fingerprint density at radius 1 is 1.33 bits per heavy atom. The van der Waals surface area contributed by atoms with Crippen LogP contribution >= 0.6 is 0 Å². The quantitative estimate of drug-likeness (QED) is 0.832. The molecule has 1 aromatic carbocycles. The Morgan fingerprint density at radius 3 is 2.20 bits per heavy atom. The molecule has 0 saturated carbocycles. The summed E-state index contributed by atoms with van der Waals surface area (Å²) in [4.78, 5) is 10.9. The fourth-order valence-corrected chi connectivity index (χ4v) is 1.44. The van der Waals surface area contributed by atoms with Crippen molar-refractivity contribution in [3.8, 4) is 0 Å². The van der Waals surface area contributed by atoms with Gasteiger partial charge >= 0.3 is 5.97 Å². The van der Waals surface area contributed by atoms with Crippen LogP contribution in [-0.2, 0) is 10.2 Å². The summed E-state index contributed by atoms with van der Waals surface area (Å²) in [6.45, 7) is 5.35. The molecule has 2 nitrogen and oxygen atoms in total. The first-order valence-corrected chi connectivity index (χ1v) is 4.84. The van der Waals surface area contributed by atoms with Gasteiger partial charge in [0.25, 0.3) is 0 Å². The number of carboxylic acids is 1. The fourth-order valence-electron chi connectivity index (χ4n) is 1.44. The van der Waals surface area contributed by atoms with Crippen molar-refractivity contribution in [2.24, 2.45) is 5.92 Å². The van der Waals surface area contributed by atoms with Crippen molar-refractivity contribution in [1.82, 2.24) is 0 Å². The molecule has 0 aliphatic carbocycles. The standard InChI is InChI=1S/C12H15FO2/c1-8(11(14)15)12(2,3)9-4-6-10(13)7-5-9/h4-8H,1-3H3,(H,14,15)/t8-/m0/s1. The molecule has 82 valence electrons. The van der Waals surface area contributed by atoms with Gasteiger partial charge in [-0.3, -0.25) is 4.79 Å². The SMILES string of the molecule is C[C@@H](C(=O)O)C(C)(C)c1ccc(F)cc1. The molecule has 15 heavy (non-hydrogen) atoms. The Hall–Kier alpha value is -1.38. The van der Waals surface area contributed by atoms with Gasteiger partial charge in [-0.15, -0.1) is 0 Å². The molecule has 0 bridgehead atoms. The normalized spacial score (nSPS) is 13.6. The van der Waals surface area contributed by atoms with Gasteiger partial charge in [-0.25, -0.2) is 4.39 Å². The van der Waals surface area contributed by atoms with E-state index in [0.717, 1.165) is 5.56 Å². The molecule has 1 rings (SSSR count). The second kappa shape index (κ2) is 4.01. The third-order valence-electron chi connectivity index (χ3n) is 3.04. The zero-order valence-electron chi connectivity index (χ0n) is 9.12. The lowest BCUT2D eigenvalue weighted by Crippen LogP contribution is -2.32. The van der Waals surface area contributed by atoms with Crippen LogP contribution in [0.1, 0.15) is 26.3 Å². The highest BCUT2D eigenvalue weighted by Gasteiger charge is 2.32. The van der Waals surface area contributed by atoms with E-state index in [-0.39, 0.29) is 5.82 Å². The lowest BCUT2D eigenvalue weighted by Gasteiger charge is -2.29. The summed E-state index contributed by atoms with van der Waals surface area (Å²) in [5.41, 5.74) is 0.332. The molecule has 1 N–H and O–H groups in total. The molecule has 0 aliphatic rings. The molecule has 0 aliphatic heterocycles. The highest BCUT2D eigenvalue weighted by molar-refractivity contribution is 5.71. The molecule has 0 amide bonds.